The number of nitrogens with one attached hydrogen (secondary N) is 2. The minimum absolute atomic E-state index is 0.536. The fourth-order valence-corrected chi connectivity index (χ4v) is 3.52. The van der Waals surface area contributed by atoms with Crippen LogP contribution in [0, 0.1) is 12.8 Å². The van der Waals surface area contributed by atoms with Gasteiger partial charge in [0.2, 0.25) is 0 Å². The van der Waals surface area contributed by atoms with E-state index in [2.05, 4.69) is 53.2 Å². The third kappa shape index (κ3) is 6.11. The van der Waals surface area contributed by atoms with E-state index in [9.17, 15) is 0 Å². The Hall–Kier alpha value is -1.14. The second-order valence-electron chi connectivity index (χ2n) is 6.51. The summed E-state index contributed by atoms with van der Waals surface area (Å²) in [6.45, 7) is 13.7. The van der Waals surface area contributed by atoms with Crippen LogP contribution in [0.25, 0.3) is 0 Å². The smallest absolute Gasteiger partial charge is 0.191 e. The summed E-state index contributed by atoms with van der Waals surface area (Å²) >= 11 is 1.71. The van der Waals surface area contributed by atoms with E-state index in [1.54, 1.807) is 11.3 Å². The normalized spacial score (nSPS) is 18.9. The number of thiazole rings is 1. The first kappa shape index (κ1) is 18.2. The summed E-state index contributed by atoms with van der Waals surface area (Å²) in [5, 5.41) is 7.87. The van der Waals surface area contributed by atoms with Crippen molar-refractivity contribution >= 4 is 17.3 Å². The summed E-state index contributed by atoms with van der Waals surface area (Å²) in [5.41, 5.74) is 0. The average Bonchev–Trinajstić information content (AvgIpc) is 2.96. The van der Waals surface area contributed by atoms with Crippen LogP contribution in [0.3, 0.4) is 0 Å². The second-order valence-corrected chi connectivity index (χ2v) is 7.83. The summed E-state index contributed by atoms with van der Waals surface area (Å²) in [7, 11) is 0. The van der Waals surface area contributed by atoms with Gasteiger partial charge in [-0.2, -0.15) is 0 Å². The van der Waals surface area contributed by atoms with Crippen molar-refractivity contribution in [3.05, 3.63) is 16.1 Å². The minimum Gasteiger partial charge on any atom is -0.357 e. The largest absolute Gasteiger partial charge is 0.357 e. The molecule has 0 spiro atoms. The van der Waals surface area contributed by atoms with Crippen LogP contribution in [0.2, 0.25) is 0 Å². The van der Waals surface area contributed by atoms with Crippen molar-refractivity contribution < 1.29 is 0 Å². The van der Waals surface area contributed by atoms with Crippen LogP contribution in [-0.4, -0.2) is 48.1 Å². The molecule has 1 fully saturated rings. The molecule has 2 rings (SSSR count). The third-order valence-electron chi connectivity index (χ3n) is 4.39. The topological polar surface area (TPSA) is 52.6 Å². The van der Waals surface area contributed by atoms with E-state index in [4.69, 9.17) is 0 Å². The lowest BCUT2D eigenvalue weighted by molar-refractivity contribution is 0.147. The van der Waals surface area contributed by atoms with Gasteiger partial charge in [0, 0.05) is 30.2 Å². The number of piperidine rings is 1. The molecule has 1 aliphatic heterocycles. The second kappa shape index (κ2) is 9.23. The van der Waals surface area contributed by atoms with E-state index in [0.717, 1.165) is 30.0 Å². The van der Waals surface area contributed by atoms with E-state index < -0.39 is 0 Å². The molecule has 1 saturated heterocycles. The summed E-state index contributed by atoms with van der Waals surface area (Å²) in [5.74, 6) is 1.77. The highest BCUT2D eigenvalue weighted by Gasteiger charge is 2.20. The zero-order chi connectivity index (χ0) is 16.7. The van der Waals surface area contributed by atoms with Crippen molar-refractivity contribution in [3.63, 3.8) is 0 Å². The van der Waals surface area contributed by atoms with Gasteiger partial charge < -0.3 is 10.6 Å². The van der Waals surface area contributed by atoms with E-state index in [0.29, 0.717) is 12.6 Å². The van der Waals surface area contributed by atoms with Gasteiger partial charge in [0.1, 0.15) is 5.01 Å². The lowest BCUT2D eigenvalue weighted by Crippen LogP contribution is -2.48. The number of guanidine groups is 1. The molecule has 0 aromatic carbocycles. The summed E-state index contributed by atoms with van der Waals surface area (Å²) in [6.07, 6.45) is 4.55. The summed E-state index contributed by atoms with van der Waals surface area (Å²) in [6, 6.07) is 0.536. The van der Waals surface area contributed by atoms with Crippen LogP contribution in [0.15, 0.2) is 11.2 Å². The molecule has 1 aromatic heterocycles. The van der Waals surface area contributed by atoms with E-state index in [1.165, 1.54) is 30.8 Å². The van der Waals surface area contributed by atoms with E-state index in [1.807, 2.05) is 6.20 Å². The van der Waals surface area contributed by atoms with Crippen LogP contribution in [0.4, 0.5) is 0 Å². The first-order chi connectivity index (χ1) is 11.1. The Morgan fingerprint density at radius 3 is 2.78 bits per heavy atom. The average molecular weight is 338 g/mol. The van der Waals surface area contributed by atoms with Crippen LogP contribution >= 0.6 is 11.3 Å². The van der Waals surface area contributed by atoms with E-state index >= 15 is 0 Å². The Labute approximate surface area is 144 Å². The number of nitrogens with zero attached hydrogens (tertiary/aromatic N) is 3. The van der Waals surface area contributed by atoms with Gasteiger partial charge in [0.25, 0.3) is 0 Å². The number of rotatable bonds is 6. The molecule has 1 aromatic rings. The highest BCUT2D eigenvalue weighted by molar-refractivity contribution is 7.11. The van der Waals surface area contributed by atoms with Gasteiger partial charge >= 0.3 is 0 Å². The molecule has 130 valence electrons. The van der Waals surface area contributed by atoms with Gasteiger partial charge in [-0.15, -0.1) is 11.3 Å². The first-order valence-electron chi connectivity index (χ1n) is 8.76. The van der Waals surface area contributed by atoms with Gasteiger partial charge in [-0.1, -0.05) is 6.92 Å². The zero-order valence-electron chi connectivity index (χ0n) is 14.9. The molecule has 0 aliphatic carbocycles. The number of hydrogen-bond donors (Lipinski definition) is 2. The fraction of sp³-hybridized carbons (Fsp3) is 0.765. The van der Waals surface area contributed by atoms with E-state index in [-0.39, 0.29) is 0 Å². The molecule has 5 nitrogen and oxygen atoms in total. The molecule has 6 heteroatoms. The fourth-order valence-electron chi connectivity index (χ4n) is 2.81. The van der Waals surface area contributed by atoms with Crippen LogP contribution in [-0.2, 0) is 6.54 Å². The first-order valence-corrected chi connectivity index (χ1v) is 9.57. The minimum atomic E-state index is 0.536. The summed E-state index contributed by atoms with van der Waals surface area (Å²) < 4.78 is 0. The van der Waals surface area contributed by atoms with Gasteiger partial charge in [-0.25, -0.2) is 9.98 Å². The molecule has 2 heterocycles. The SMILES string of the molecule is CCNC(=NCc1ncc(C)s1)NCC(C)N1CCC(C)CC1. The van der Waals surface area contributed by atoms with Crippen molar-refractivity contribution in [2.75, 3.05) is 26.2 Å². The maximum Gasteiger partial charge on any atom is 0.191 e. The maximum atomic E-state index is 4.65. The van der Waals surface area contributed by atoms with Gasteiger partial charge in [0.15, 0.2) is 5.96 Å². The monoisotopic (exact) mass is 337 g/mol. The molecular weight excluding hydrogens is 306 g/mol. The Bertz CT molecular complexity index is 491. The lowest BCUT2D eigenvalue weighted by atomic mass is 9.98. The molecule has 0 amide bonds. The Balaban J connectivity index is 1.81. The molecule has 23 heavy (non-hydrogen) atoms. The number of aromatic nitrogens is 1. The number of aliphatic imine (C=N–C) groups is 1. The van der Waals surface area contributed by atoms with Gasteiger partial charge in [0.05, 0.1) is 6.54 Å². The predicted molar refractivity (Wildman–Crippen MR) is 99.1 cm³/mol. The number of hydrogen-bond acceptors (Lipinski definition) is 4. The maximum absolute atomic E-state index is 4.65. The number of likely N-dealkylation sites (tertiary alicyclic amines) is 1. The molecule has 0 bridgehead atoms. The quantitative estimate of drug-likeness (QED) is 0.619. The van der Waals surface area contributed by atoms with Crippen molar-refractivity contribution in [3.8, 4) is 0 Å². The third-order valence-corrected chi connectivity index (χ3v) is 5.29. The van der Waals surface area contributed by atoms with Crippen LogP contribution in [0.1, 0.15) is 43.5 Å². The van der Waals surface area contributed by atoms with Gasteiger partial charge in [-0.3, -0.25) is 4.90 Å². The Kier molecular flexibility index (Phi) is 7.30. The van der Waals surface area contributed by atoms with Crippen molar-refractivity contribution in [1.82, 2.24) is 20.5 Å². The van der Waals surface area contributed by atoms with Crippen LogP contribution in [0.5, 0.6) is 0 Å². The Morgan fingerprint density at radius 1 is 1.43 bits per heavy atom. The molecule has 1 unspecified atom stereocenters. The Morgan fingerprint density at radius 2 is 2.17 bits per heavy atom. The van der Waals surface area contributed by atoms with Gasteiger partial charge in [-0.05, 0) is 52.6 Å². The lowest BCUT2D eigenvalue weighted by Gasteiger charge is -2.35. The predicted octanol–water partition coefficient (Wildman–Crippen LogP) is 2.63. The zero-order valence-corrected chi connectivity index (χ0v) is 15.7. The van der Waals surface area contributed by atoms with Crippen molar-refractivity contribution in [2.24, 2.45) is 10.9 Å². The molecule has 0 radical (unpaired) electrons. The van der Waals surface area contributed by atoms with Crippen molar-refractivity contribution in [2.45, 2.75) is 53.1 Å². The van der Waals surface area contributed by atoms with Crippen molar-refractivity contribution in [1.29, 1.82) is 0 Å². The number of aryl methyl sites for hydroxylation is 1. The highest BCUT2D eigenvalue weighted by atomic mass is 32.1. The molecule has 0 saturated carbocycles. The molecular formula is C17H31N5S. The molecule has 2 N–H and O–H groups in total. The highest BCUT2D eigenvalue weighted by Crippen LogP contribution is 2.17. The molecule has 1 aliphatic rings. The summed E-state index contributed by atoms with van der Waals surface area (Å²) in [4.78, 5) is 12.8. The standard InChI is InChI=1S/C17H31N5S/c1-5-18-17(21-12-16-19-11-15(4)23-16)20-10-14(3)22-8-6-13(2)7-9-22/h11,13-14H,5-10,12H2,1-4H3,(H2,18,20,21). The molecule has 1 atom stereocenters. The van der Waals surface area contributed by atoms with Crippen LogP contribution < -0.4 is 10.6 Å².